The van der Waals surface area contributed by atoms with Gasteiger partial charge in [0.2, 0.25) is 11.1 Å². The fraction of sp³-hybridized carbons (Fsp3) is 0.600. The van der Waals surface area contributed by atoms with Gasteiger partial charge in [-0.15, -0.1) is 5.10 Å². The molecule has 6 nitrogen and oxygen atoms in total. The van der Waals surface area contributed by atoms with Gasteiger partial charge in [-0.1, -0.05) is 50.1 Å². The number of rotatable bonds is 7. The van der Waals surface area contributed by atoms with Crippen LogP contribution < -0.4 is 0 Å². The van der Waals surface area contributed by atoms with E-state index < -0.39 is 0 Å². The highest BCUT2D eigenvalue weighted by molar-refractivity contribution is 8.00. The zero-order valence-corrected chi connectivity index (χ0v) is 17.1. The molecule has 0 aliphatic carbocycles. The number of thioether (sulfide) groups is 1. The summed E-state index contributed by atoms with van der Waals surface area (Å²) in [5, 5.41) is 12.6. The first-order valence-electron chi connectivity index (χ1n) is 10.0. The van der Waals surface area contributed by atoms with Crippen molar-refractivity contribution in [2.45, 2.75) is 69.2 Å². The van der Waals surface area contributed by atoms with Crippen LogP contribution >= 0.6 is 11.8 Å². The van der Waals surface area contributed by atoms with Crippen LogP contribution in [0, 0.1) is 0 Å². The van der Waals surface area contributed by atoms with Crippen LogP contribution in [0.5, 0.6) is 0 Å². The number of aryl methyl sites for hydroxylation is 1. The Morgan fingerprint density at radius 1 is 1.15 bits per heavy atom. The Hall–Kier alpha value is -1.89. The average molecular weight is 388 g/mol. The maximum Gasteiger partial charge on any atom is 0.235 e. The van der Waals surface area contributed by atoms with E-state index in [1.807, 2.05) is 24.0 Å². The monoisotopic (exact) mass is 387 g/mol. The van der Waals surface area contributed by atoms with Crippen LogP contribution in [-0.4, -0.2) is 49.4 Å². The molecule has 0 radical (unpaired) electrons. The van der Waals surface area contributed by atoms with Gasteiger partial charge in [0.05, 0.1) is 10.9 Å². The van der Waals surface area contributed by atoms with E-state index in [-0.39, 0.29) is 11.2 Å². The third kappa shape index (κ3) is 5.31. The Labute approximate surface area is 165 Å². The van der Waals surface area contributed by atoms with Gasteiger partial charge in [0.1, 0.15) is 0 Å². The van der Waals surface area contributed by atoms with E-state index in [0.29, 0.717) is 5.16 Å². The maximum atomic E-state index is 12.8. The molecule has 146 valence electrons. The standard InChI is InChI=1S/C20H29N5OS/c1-3-4-9-17-10-12-18(13-11-17)25-20(21-22-23-25)27-16(2)19(26)24-14-7-5-6-8-15-24/h10-13,16H,3-9,14-15H2,1-2H3. The number of carbonyl (C=O) groups excluding carboxylic acids is 1. The Morgan fingerprint density at radius 3 is 2.52 bits per heavy atom. The van der Waals surface area contributed by atoms with Gasteiger partial charge in [0.15, 0.2) is 0 Å². The topological polar surface area (TPSA) is 63.9 Å². The molecular formula is C20H29N5OS. The zero-order chi connectivity index (χ0) is 19.1. The minimum Gasteiger partial charge on any atom is -0.342 e. The number of tetrazole rings is 1. The normalized spacial score (nSPS) is 16.1. The number of hydrogen-bond acceptors (Lipinski definition) is 5. The fourth-order valence-corrected chi connectivity index (χ4v) is 4.25. The summed E-state index contributed by atoms with van der Waals surface area (Å²) in [4.78, 5) is 14.8. The van der Waals surface area contributed by atoms with Gasteiger partial charge in [-0.2, -0.15) is 4.68 Å². The molecule has 0 N–H and O–H groups in total. The number of aromatic nitrogens is 4. The number of nitrogens with zero attached hydrogens (tertiary/aromatic N) is 5. The van der Waals surface area contributed by atoms with E-state index in [1.54, 1.807) is 4.68 Å². The number of benzene rings is 1. The third-order valence-corrected chi connectivity index (χ3v) is 6.01. The van der Waals surface area contributed by atoms with Gasteiger partial charge >= 0.3 is 0 Å². The van der Waals surface area contributed by atoms with E-state index in [2.05, 4.69) is 34.6 Å². The molecule has 1 amide bonds. The summed E-state index contributed by atoms with van der Waals surface area (Å²) in [6, 6.07) is 8.36. The van der Waals surface area contributed by atoms with Crippen molar-refractivity contribution in [3.8, 4) is 5.69 Å². The average Bonchev–Trinajstić information content (AvgIpc) is 2.98. The first kappa shape index (κ1) is 19.9. The van der Waals surface area contributed by atoms with Crippen molar-refractivity contribution in [2.24, 2.45) is 0 Å². The quantitative estimate of drug-likeness (QED) is 0.675. The highest BCUT2D eigenvalue weighted by atomic mass is 32.2. The van der Waals surface area contributed by atoms with Gasteiger partial charge in [0.25, 0.3) is 0 Å². The number of hydrogen-bond donors (Lipinski definition) is 0. The van der Waals surface area contributed by atoms with Gasteiger partial charge in [-0.25, -0.2) is 0 Å². The van der Waals surface area contributed by atoms with Crippen LogP contribution in [-0.2, 0) is 11.2 Å². The molecule has 0 spiro atoms. The van der Waals surface area contributed by atoms with Crippen molar-refractivity contribution in [3.63, 3.8) is 0 Å². The van der Waals surface area contributed by atoms with Crippen LogP contribution in [0.3, 0.4) is 0 Å². The van der Waals surface area contributed by atoms with Crippen LogP contribution in [0.15, 0.2) is 29.4 Å². The molecule has 7 heteroatoms. The molecule has 0 bridgehead atoms. The molecule has 3 rings (SSSR count). The summed E-state index contributed by atoms with van der Waals surface area (Å²) in [7, 11) is 0. The number of amides is 1. The van der Waals surface area contributed by atoms with Crippen LogP contribution in [0.2, 0.25) is 0 Å². The molecule has 1 aliphatic heterocycles. The summed E-state index contributed by atoms with van der Waals surface area (Å²) >= 11 is 1.43. The summed E-state index contributed by atoms with van der Waals surface area (Å²) < 4.78 is 1.72. The van der Waals surface area contributed by atoms with Crippen molar-refractivity contribution in [3.05, 3.63) is 29.8 Å². The predicted molar refractivity (Wildman–Crippen MR) is 108 cm³/mol. The predicted octanol–water partition coefficient (Wildman–Crippen LogP) is 3.89. The van der Waals surface area contributed by atoms with E-state index in [1.165, 1.54) is 43.0 Å². The Kier molecular flexibility index (Phi) is 7.26. The van der Waals surface area contributed by atoms with Gasteiger partial charge < -0.3 is 4.90 Å². The molecule has 1 fully saturated rings. The van der Waals surface area contributed by atoms with Gasteiger partial charge in [0, 0.05) is 13.1 Å². The second-order valence-electron chi connectivity index (χ2n) is 7.14. The Balaban J connectivity index is 1.66. The van der Waals surface area contributed by atoms with Crippen molar-refractivity contribution in [1.29, 1.82) is 0 Å². The minimum absolute atomic E-state index is 0.186. The molecule has 2 aromatic rings. The van der Waals surface area contributed by atoms with Crippen LogP contribution in [0.25, 0.3) is 5.69 Å². The Bertz CT molecular complexity index is 722. The van der Waals surface area contributed by atoms with Crippen LogP contribution in [0.4, 0.5) is 0 Å². The highest BCUT2D eigenvalue weighted by Crippen LogP contribution is 2.25. The van der Waals surface area contributed by atoms with Gasteiger partial charge in [-0.05, 0) is 60.7 Å². The lowest BCUT2D eigenvalue weighted by molar-refractivity contribution is -0.130. The fourth-order valence-electron chi connectivity index (χ4n) is 3.36. The third-order valence-electron chi connectivity index (χ3n) is 4.99. The SMILES string of the molecule is CCCCc1ccc(-n2nnnc2SC(C)C(=O)N2CCCCCC2)cc1. The van der Waals surface area contributed by atoms with Crippen molar-refractivity contribution in [1.82, 2.24) is 25.1 Å². The van der Waals surface area contributed by atoms with Crippen molar-refractivity contribution >= 4 is 17.7 Å². The van der Waals surface area contributed by atoms with E-state index in [9.17, 15) is 4.79 Å². The molecule has 27 heavy (non-hydrogen) atoms. The summed E-state index contributed by atoms with van der Waals surface area (Å²) in [6.45, 7) is 5.89. The van der Waals surface area contributed by atoms with Crippen molar-refractivity contribution < 1.29 is 4.79 Å². The first-order chi connectivity index (χ1) is 13.2. The second kappa shape index (κ2) is 9.88. The molecule has 1 saturated heterocycles. The first-order valence-corrected chi connectivity index (χ1v) is 10.9. The minimum atomic E-state index is -0.198. The molecule has 1 aromatic heterocycles. The number of likely N-dealkylation sites (tertiary alicyclic amines) is 1. The molecule has 1 aliphatic rings. The second-order valence-corrected chi connectivity index (χ2v) is 8.45. The summed E-state index contributed by atoms with van der Waals surface area (Å²) in [5.41, 5.74) is 2.25. The molecule has 1 unspecified atom stereocenters. The Morgan fingerprint density at radius 2 is 1.85 bits per heavy atom. The molecule has 1 aromatic carbocycles. The lowest BCUT2D eigenvalue weighted by Gasteiger charge is -2.23. The van der Waals surface area contributed by atoms with Gasteiger partial charge in [-0.3, -0.25) is 4.79 Å². The molecule has 0 saturated carbocycles. The maximum absolute atomic E-state index is 12.8. The van der Waals surface area contributed by atoms with E-state index in [4.69, 9.17) is 0 Å². The smallest absolute Gasteiger partial charge is 0.235 e. The number of unbranched alkanes of at least 4 members (excludes halogenated alkanes) is 1. The van der Waals surface area contributed by atoms with Crippen LogP contribution in [0.1, 0.15) is 57.9 Å². The summed E-state index contributed by atoms with van der Waals surface area (Å²) in [6.07, 6.45) is 8.13. The lowest BCUT2D eigenvalue weighted by atomic mass is 10.1. The summed E-state index contributed by atoms with van der Waals surface area (Å²) in [5.74, 6) is 0.186. The highest BCUT2D eigenvalue weighted by Gasteiger charge is 2.24. The zero-order valence-electron chi connectivity index (χ0n) is 16.3. The molecule has 1 atom stereocenters. The largest absolute Gasteiger partial charge is 0.342 e. The van der Waals surface area contributed by atoms with E-state index >= 15 is 0 Å². The molecule has 2 heterocycles. The lowest BCUT2D eigenvalue weighted by Crippen LogP contribution is -2.37. The van der Waals surface area contributed by atoms with Crippen molar-refractivity contribution in [2.75, 3.05) is 13.1 Å². The van der Waals surface area contributed by atoms with E-state index in [0.717, 1.165) is 38.0 Å². The molecular weight excluding hydrogens is 358 g/mol. The number of carbonyl (C=O) groups is 1.